The number of nitrogens with zero attached hydrogens (tertiary/aromatic N) is 2. The molecule has 0 aliphatic rings. The highest BCUT2D eigenvalue weighted by Crippen LogP contribution is 2.25. The quantitative estimate of drug-likeness (QED) is 0.433. The van der Waals surface area contributed by atoms with Crippen molar-refractivity contribution in [3.8, 4) is 11.5 Å². The van der Waals surface area contributed by atoms with Crippen LogP contribution in [0, 0.1) is 10.1 Å². The Balaban J connectivity index is 1.99. The van der Waals surface area contributed by atoms with E-state index in [2.05, 4.69) is 26.5 Å². The average Bonchev–Trinajstić information content (AvgIpc) is 2.58. The van der Waals surface area contributed by atoms with E-state index >= 15 is 0 Å². The lowest BCUT2D eigenvalue weighted by Gasteiger charge is -2.13. The van der Waals surface area contributed by atoms with E-state index in [0.717, 1.165) is 12.3 Å². The summed E-state index contributed by atoms with van der Waals surface area (Å²) in [6.45, 7) is 1.55. The lowest BCUT2D eigenvalue weighted by atomic mass is 10.2. The number of non-ortho nitro benzene ring substituents is 1. The number of hydrogen-bond acceptors (Lipinski definition) is 6. The molecule has 0 bridgehead atoms. The van der Waals surface area contributed by atoms with Crippen molar-refractivity contribution in [1.82, 2.24) is 5.43 Å². The molecule has 0 aliphatic heterocycles. The van der Waals surface area contributed by atoms with Crippen molar-refractivity contribution in [1.29, 1.82) is 0 Å². The van der Waals surface area contributed by atoms with Gasteiger partial charge in [0.1, 0.15) is 11.5 Å². The van der Waals surface area contributed by atoms with Crippen molar-refractivity contribution in [2.24, 2.45) is 5.10 Å². The second-order valence-corrected chi connectivity index (χ2v) is 5.78. The Morgan fingerprint density at radius 1 is 1.40 bits per heavy atom. The van der Waals surface area contributed by atoms with Gasteiger partial charge in [-0.3, -0.25) is 14.9 Å². The molecule has 2 N–H and O–H groups in total. The molecule has 2 rings (SSSR count). The van der Waals surface area contributed by atoms with Gasteiger partial charge in [0.25, 0.3) is 11.6 Å². The van der Waals surface area contributed by atoms with E-state index in [1.807, 2.05) is 6.07 Å². The largest absolute Gasteiger partial charge is 0.507 e. The number of aromatic hydroxyl groups is 1. The smallest absolute Gasteiger partial charge is 0.280 e. The Hall–Kier alpha value is -2.94. The molecule has 1 atom stereocenters. The van der Waals surface area contributed by atoms with Crippen LogP contribution in [-0.4, -0.2) is 28.3 Å². The first-order chi connectivity index (χ1) is 11.9. The minimum atomic E-state index is -0.824. The number of carbonyl (C=O) groups excluding carboxylic acids is 1. The average molecular weight is 408 g/mol. The summed E-state index contributed by atoms with van der Waals surface area (Å²) in [6, 6.07) is 10.6. The second kappa shape index (κ2) is 8.25. The van der Waals surface area contributed by atoms with Crippen LogP contribution in [-0.2, 0) is 4.79 Å². The third kappa shape index (κ3) is 5.01. The Labute approximate surface area is 151 Å². The number of halogens is 1. The SMILES string of the molecule is CC(Oc1ccccc1Br)C(=O)N/N=C/c1cc([N+](=O)[O-])ccc1O. The molecule has 0 fully saturated rings. The molecule has 0 saturated heterocycles. The van der Waals surface area contributed by atoms with Crippen LogP contribution >= 0.6 is 15.9 Å². The fourth-order valence-corrected chi connectivity index (χ4v) is 2.18. The molecule has 0 aliphatic carbocycles. The predicted molar refractivity (Wildman–Crippen MR) is 94.7 cm³/mol. The highest BCUT2D eigenvalue weighted by atomic mass is 79.9. The number of amides is 1. The van der Waals surface area contributed by atoms with Gasteiger partial charge in [-0.1, -0.05) is 12.1 Å². The van der Waals surface area contributed by atoms with Gasteiger partial charge < -0.3 is 9.84 Å². The zero-order valence-electron chi connectivity index (χ0n) is 13.0. The summed E-state index contributed by atoms with van der Waals surface area (Å²) >= 11 is 3.31. The Bertz CT molecular complexity index is 825. The first-order valence-electron chi connectivity index (χ1n) is 7.10. The zero-order chi connectivity index (χ0) is 18.4. The third-order valence-corrected chi connectivity index (χ3v) is 3.77. The molecule has 0 spiro atoms. The number of nitrogens with one attached hydrogen (secondary N) is 1. The van der Waals surface area contributed by atoms with Crippen LogP contribution in [0.5, 0.6) is 11.5 Å². The maximum Gasteiger partial charge on any atom is 0.280 e. The number of carbonyl (C=O) groups is 1. The molecule has 8 nitrogen and oxygen atoms in total. The molecule has 2 aromatic rings. The number of nitro groups is 1. The van der Waals surface area contributed by atoms with E-state index in [9.17, 15) is 20.0 Å². The normalized spacial score (nSPS) is 11.9. The van der Waals surface area contributed by atoms with E-state index in [1.165, 1.54) is 12.1 Å². The summed E-state index contributed by atoms with van der Waals surface area (Å²) in [5, 5.41) is 24.1. The maximum atomic E-state index is 12.0. The van der Waals surface area contributed by atoms with Gasteiger partial charge in [0.2, 0.25) is 0 Å². The highest BCUT2D eigenvalue weighted by molar-refractivity contribution is 9.10. The Morgan fingerprint density at radius 2 is 2.12 bits per heavy atom. The summed E-state index contributed by atoms with van der Waals surface area (Å²) in [6.07, 6.45) is 0.292. The maximum absolute atomic E-state index is 12.0. The van der Waals surface area contributed by atoms with Crippen molar-refractivity contribution >= 4 is 33.7 Å². The molecule has 130 valence electrons. The fourth-order valence-electron chi connectivity index (χ4n) is 1.80. The topological polar surface area (TPSA) is 114 Å². The zero-order valence-corrected chi connectivity index (χ0v) is 14.6. The van der Waals surface area contributed by atoms with Crippen molar-refractivity contribution in [2.75, 3.05) is 0 Å². The molecule has 2 aromatic carbocycles. The number of hydrazone groups is 1. The predicted octanol–water partition coefficient (Wildman–Crippen LogP) is 2.98. The molecular formula is C16H14BrN3O5. The molecule has 1 amide bonds. The van der Waals surface area contributed by atoms with Gasteiger partial charge in [-0.05, 0) is 41.1 Å². The summed E-state index contributed by atoms with van der Waals surface area (Å²) in [5.41, 5.74) is 2.16. The Morgan fingerprint density at radius 3 is 2.80 bits per heavy atom. The van der Waals surface area contributed by atoms with Crippen LogP contribution in [0.1, 0.15) is 12.5 Å². The summed E-state index contributed by atoms with van der Waals surface area (Å²) < 4.78 is 6.22. The van der Waals surface area contributed by atoms with Gasteiger partial charge in [0.05, 0.1) is 15.6 Å². The van der Waals surface area contributed by atoms with Gasteiger partial charge in [-0.2, -0.15) is 5.10 Å². The van der Waals surface area contributed by atoms with Crippen molar-refractivity contribution in [3.05, 3.63) is 62.6 Å². The van der Waals surface area contributed by atoms with Crippen molar-refractivity contribution < 1.29 is 19.6 Å². The number of rotatable bonds is 6. The van der Waals surface area contributed by atoms with Gasteiger partial charge in [-0.15, -0.1) is 0 Å². The highest BCUT2D eigenvalue weighted by Gasteiger charge is 2.15. The second-order valence-electron chi connectivity index (χ2n) is 4.92. The molecule has 25 heavy (non-hydrogen) atoms. The van der Waals surface area contributed by atoms with Gasteiger partial charge in [-0.25, -0.2) is 5.43 Å². The standard InChI is InChI=1S/C16H14BrN3O5/c1-10(25-15-5-3-2-4-13(15)17)16(22)19-18-9-11-8-12(20(23)24)6-7-14(11)21/h2-10,21H,1H3,(H,19,22)/b18-9+. The monoisotopic (exact) mass is 407 g/mol. The van der Waals surface area contributed by atoms with Crippen LogP contribution < -0.4 is 10.2 Å². The molecular weight excluding hydrogens is 394 g/mol. The van der Waals surface area contributed by atoms with E-state index in [-0.39, 0.29) is 17.0 Å². The lowest BCUT2D eigenvalue weighted by Crippen LogP contribution is -2.33. The van der Waals surface area contributed by atoms with Gasteiger partial charge in [0.15, 0.2) is 6.10 Å². The van der Waals surface area contributed by atoms with Crippen LogP contribution in [0.25, 0.3) is 0 Å². The van der Waals surface area contributed by atoms with E-state index in [0.29, 0.717) is 10.2 Å². The Kier molecular flexibility index (Phi) is 6.07. The molecule has 0 heterocycles. The number of phenols is 1. The number of benzene rings is 2. The summed E-state index contributed by atoms with van der Waals surface area (Å²) in [5.74, 6) is -0.205. The molecule has 9 heteroatoms. The van der Waals surface area contributed by atoms with Crippen molar-refractivity contribution in [3.63, 3.8) is 0 Å². The molecule has 0 radical (unpaired) electrons. The lowest BCUT2D eigenvalue weighted by molar-refractivity contribution is -0.384. The van der Waals surface area contributed by atoms with Crippen LogP contribution in [0.15, 0.2) is 52.0 Å². The van der Waals surface area contributed by atoms with E-state index in [1.54, 1.807) is 25.1 Å². The minimum Gasteiger partial charge on any atom is -0.507 e. The number of para-hydroxylation sites is 1. The first kappa shape index (κ1) is 18.4. The first-order valence-corrected chi connectivity index (χ1v) is 7.89. The summed E-state index contributed by atoms with van der Waals surface area (Å²) in [7, 11) is 0. The van der Waals surface area contributed by atoms with E-state index < -0.39 is 16.9 Å². The van der Waals surface area contributed by atoms with Crippen molar-refractivity contribution in [2.45, 2.75) is 13.0 Å². The summed E-state index contributed by atoms with van der Waals surface area (Å²) in [4.78, 5) is 22.1. The minimum absolute atomic E-state index is 0.105. The van der Waals surface area contributed by atoms with Crippen LogP contribution in [0.3, 0.4) is 0 Å². The van der Waals surface area contributed by atoms with E-state index in [4.69, 9.17) is 4.74 Å². The van der Waals surface area contributed by atoms with Crippen LogP contribution in [0.4, 0.5) is 5.69 Å². The molecule has 0 saturated carbocycles. The number of phenolic OH excluding ortho intramolecular Hbond substituents is 1. The fraction of sp³-hybridized carbons (Fsp3) is 0.125. The molecule has 1 unspecified atom stereocenters. The van der Waals surface area contributed by atoms with Crippen LogP contribution in [0.2, 0.25) is 0 Å². The number of ether oxygens (including phenoxy) is 1. The number of nitro benzene ring substituents is 1. The third-order valence-electron chi connectivity index (χ3n) is 3.11. The van der Waals surface area contributed by atoms with Gasteiger partial charge in [0, 0.05) is 17.7 Å². The number of hydrogen-bond donors (Lipinski definition) is 2. The molecule has 0 aromatic heterocycles. The van der Waals surface area contributed by atoms with Gasteiger partial charge >= 0.3 is 0 Å².